The average molecular weight is 361 g/mol. The van der Waals surface area contributed by atoms with E-state index in [0.717, 1.165) is 25.9 Å². The van der Waals surface area contributed by atoms with Crippen LogP contribution in [0, 0.1) is 0 Å². The molecule has 0 aromatic carbocycles. The molecule has 0 aromatic heterocycles. The quantitative estimate of drug-likeness (QED) is 0.386. The van der Waals surface area contributed by atoms with Gasteiger partial charge in [-0.15, -0.1) is 0 Å². The van der Waals surface area contributed by atoms with E-state index in [-0.39, 0.29) is 16.0 Å². The third-order valence-corrected chi connectivity index (χ3v) is 14.4. The van der Waals surface area contributed by atoms with Crippen LogP contribution in [0.3, 0.4) is 0 Å². The Morgan fingerprint density at radius 2 is 1.26 bits per heavy atom. The van der Waals surface area contributed by atoms with Crippen LogP contribution in [0.15, 0.2) is 0 Å². The van der Waals surface area contributed by atoms with Gasteiger partial charge in [-0.3, -0.25) is 4.79 Å². The van der Waals surface area contributed by atoms with Gasteiger partial charge >= 0.3 is 0 Å². The van der Waals surface area contributed by atoms with Crippen molar-refractivity contribution >= 4 is 22.6 Å². The summed E-state index contributed by atoms with van der Waals surface area (Å²) in [5, 5.41) is 0.347. The summed E-state index contributed by atoms with van der Waals surface area (Å²) in [7, 11) is -3.58. The largest absolute Gasteiger partial charge is 0.519 e. The van der Waals surface area contributed by atoms with Crippen LogP contribution < -0.4 is 0 Å². The van der Waals surface area contributed by atoms with E-state index in [2.05, 4.69) is 67.7 Å². The van der Waals surface area contributed by atoms with Crippen molar-refractivity contribution in [1.29, 1.82) is 0 Å². The Kier molecular flexibility index (Phi) is 8.25. The second-order valence-electron chi connectivity index (χ2n) is 9.65. The van der Waals surface area contributed by atoms with Crippen LogP contribution in [-0.2, 0) is 13.6 Å². The molecule has 0 aliphatic carbocycles. The zero-order valence-corrected chi connectivity index (χ0v) is 19.3. The van der Waals surface area contributed by atoms with Gasteiger partial charge in [0.1, 0.15) is 0 Å². The molecule has 0 heterocycles. The van der Waals surface area contributed by atoms with Gasteiger partial charge in [0.2, 0.25) is 0 Å². The van der Waals surface area contributed by atoms with E-state index in [0.29, 0.717) is 6.42 Å². The fraction of sp³-hybridized carbons (Fsp3) is 0.944. The molecule has 0 N–H and O–H groups in total. The van der Waals surface area contributed by atoms with E-state index in [4.69, 9.17) is 8.85 Å². The molecule has 0 saturated carbocycles. The molecule has 23 heavy (non-hydrogen) atoms. The maximum atomic E-state index is 12.0. The van der Waals surface area contributed by atoms with Crippen LogP contribution >= 0.6 is 0 Å². The zero-order valence-electron chi connectivity index (χ0n) is 17.3. The van der Waals surface area contributed by atoms with Crippen molar-refractivity contribution in [2.45, 2.75) is 103 Å². The lowest BCUT2D eigenvalue weighted by molar-refractivity contribution is -0.135. The van der Waals surface area contributed by atoms with Gasteiger partial charge < -0.3 is 8.85 Å². The lowest BCUT2D eigenvalue weighted by atomic mass is 10.2. The molecule has 0 atom stereocenters. The highest BCUT2D eigenvalue weighted by Crippen LogP contribution is 2.37. The molecule has 0 bridgehead atoms. The van der Waals surface area contributed by atoms with Gasteiger partial charge in [0.15, 0.2) is 8.32 Å². The second kappa shape index (κ2) is 8.30. The minimum Gasteiger partial charge on any atom is -0.519 e. The first-order valence-corrected chi connectivity index (χ1v) is 14.8. The molecule has 5 heteroatoms. The normalized spacial score (nSPS) is 14.0. The summed E-state index contributed by atoms with van der Waals surface area (Å²) in [5.74, 6) is -0.0260. The minimum atomic E-state index is -1.96. The predicted molar refractivity (Wildman–Crippen MR) is 105 cm³/mol. The first-order valence-electron chi connectivity index (χ1n) is 8.96. The molecule has 0 spiro atoms. The first kappa shape index (κ1) is 22.9. The molecule has 0 aliphatic heterocycles. The first-order chi connectivity index (χ1) is 10.1. The van der Waals surface area contributed by atoms with Crippen molar-refractivity contribution in [3.05, 3.63) is 0 Å². The molecule has 0 radical (unpaired) electrons. The lowest BCUT2D eigenvalue weighted by Crippen LogP contribution is -2.42. The van der Waals surface area contributed by atoms with E-state index < -0.39 is 16.6 Å². The van der Waals surface area contributed by atoms with E-state index in [1.54, 1.807) is 0 Å². The zero-order chi connectivity index (χ0) is 18.5. The lowest BCUT2D eigenvalue weighted by Gasteiger charge is -2.36. The molecule has 0 fully saturated rings. The Hall–Kier alpha value is -0.136. The minimum absolute atomic E-state index is 0.0260. The Balaban J connectivity index is 3.96. The van der Waals surface area contributed by atoms with Crippen molar-refractivity contribution in [3.8, 4) is 0 Å². The SMILES string of the molecule is CC(C)(C)[Si](C)(C)OCCCCCC(=O)O[Si](C)(C)C(C)(C)C. The predicted octanol–water partition coefficient (Wildman–Crippen LogP) is 6.12. The molecule has 0 aromatic rings. The van der Waals surface area contributed by atoms with Crippen LogP contribution in [0.25, 0.3) is 0 Å². The summed E-state index contributed by atoms with van der Waals surface area (Å²) in [4.78, 5) is 12.0. The van der Waals surface area contributed by atoms with Gasteiger partial charge in [0.05, 0.1) is 0 Å². The van der Waals surface area contributed by atoms with Crippen molar-refractivity contribution in [1.82, 2.24) is 0 Å². The summed E-state index contributed by atoms with van der Waals surface area (Å²) in [6.07, 6.45) is 3.49. The van der Waals surface area contributed by atoms with Gasteiger partial charge in [-0.2, -0.15) is 0 Å². The van der Waals surface area contributed by atoms with E-state index in [9.17, 15) is 4.79 Å². The standard InChI is InChI=1S/C18H40O3Si2/c1-17(2,3)22(7,8)20-15-13-11-12-14-16(19)21-23(9,10)18(4,5)6/h11-15H2,1-10H3. The number of hydrogen-bond donors (Lipinski definition) is 0. The maximum absolute atomic E-state index is 12.0. The fourth-order valence-electron chi connectivity index (χ4n) is 1.58. The third kappa shape index (κ3) is 7.99. The highest BCUT2D eigenvalue weighted by molar-refractivity contribution is 6.75. The van der Waals surface area contributed by atoms with Crippen molar-refractivity contribution in [2.75, 3.05) is 6.61 Å². The van der Waals surface area contributed by atoms with E-state index >= 15 is 0 Å². The highest BCUT2D eigenvalue weighted by atomic mass is 28.4. The van der Waals surface area contributed by atoms with Gasteiger partial charge in [0.25, 0.3) is 14.3 Å². The van der Waals surface area contributed by atoms with Crippen LogP contribution in [-0.4, -0.2) is 29.2 Å². The maximum Gasteiger partial charge on any atom is 0.292 e. The Morgan fingerprint density at radius 3 is 1.70 bits per heavy atom. The summed E-state index contributed by atoms with van der Waals surface area (Å²) in [6, 6.07) is 0. The molecular weight excluding hydrogens is 320 g/mol. The molecule has 0 rings (SSSR count). The van der Waals surface area contributed by atoms with Crippen LogP contribution in [0.2, 0.25) is 36.3 Å². The summed E-state index contributed by atoms with van der Waals surface area (Å²) in [6.45, 7) is 22.9. The number of carbonyl (C=O) groups is 1. The molecule has 0 aliphatic rings. The summed E-state index contributed by atoms with van der Waals surface area (Å²) >= 11 is 0. The number of unbranched alkanes of at least 4 members (excludes halogenated alkanes) is 2. The molecule has 0 amide bonds. The smallest absolute Gasteiger partial charge is 0.292 e. The number of rotatable bonds is 8. The monoisotopic (exact) mass is 360 g/mol. The number of carbonyl (C=O) groups excluding carboxylic acids is 1. The van der Waals surface area contributed by atoms with Crippen molar-refractivity contribution in [2.24, 2.45) is 0 Å². The summed E-state index contributed by atoms with van der Waals surface area (Å²) in [5.41, 5.74) is 0. The van der Waals surface area contributed by atoms with E-state index in [1.165, 1.54) is 0 Å². The molecule has 138 valence electrons. The van der Waals surface area contributed by atoms with Gasteiger partial charge in [-0.25, -0.2) is 0 Å². The van der Waals surface area contributed by atoms with Crippen LogP contribution in [0.5, 0.6) is 0 Å². The molecule has 3 nitrogen and oxygen atoms in total. The molecule has 0 saturated heterocycles. The Morgan fingerprint density at radius 1 is 0.783 bits per heavy atom. The number of hydrogen-bond acceptors (Lipinski definition) is 3. The van der Waals surface area contributed by atoms with Gasteiger partial charge in [-0.05, 0) is 49.1 Å². The Labute approximate surface area is 146 Å². The van der Waals surface area contributed by atoms with Crippen molar-refractivity contribution < 1.29 is 13.6 Å². The van der Waals surface area contributed by atoms with Gasteiger partial charge in [0, 0.05) is 13.0 Å². The van der Waals surface area contributed by atoms with Crippen LogP contribution in [0.1, 0.15) is 67.2 Å². The molecule has 0 unspecified atom stereocenters. The van der Waals surface area contributed by atoms with Crippen molar-refractivity contribution in [3.63, 3.8) is 0 Å². The molecular formula is C18H40O3Si2. The second-order valence-corrected chi connectivity index (χ2v) is 19.2. The highest BCUT2D eigenvalue weighted by Gasteiger charge is 2.40. The van der Waals surface area contributed by atoms with E-state index in [1.807, 2.05) is 0 Å². The average Bonchev–Trinajstić information content (AvgIpc) is 2.29. The van der Waals surface area contributed by atoms with Gasteiger partial charge in [-0.1, -0.05) is 48.0 Å². The topological polar surface area (TPSA) is 35.5 Å². The fourth-order valence-corrected chi connectivity index (χ4v) is 3.65. The summed E-state index contributed by atoms with van der Waals surface area (Å²) < 4.78 is 11.9. The Bertz CT molecular complexity index is 377. The third-order valence-electron chi connectivity index (χ3n) is 5.47. The van der Waals surface area contributed by atoms with Crippen LogP contribution in [0.4, 0.5) is 0 Å².